The summed E-state index contributed by atoms with van der Waals surface area (Å²) < 4.78 is 10.5. The predicted octanol–water partition coefficient (Wildman–Crippen LogP) is 2.37. The van der Waals surface area contributed by atoms with Crippen LogP contribution in [0.1, 0.15) is 19.3 Å². The van der Waals surface area contributed by atoms with Crippen LogP contribution in [0, 0.1) is 5.92 Å². The predicted molar refractivity (Wildman–Crippen MR) is 73.3 cm³/mol. The van der Waals surface area contributed by atoms with Gasteiger partial charge in [0.15, 0.2) is 0 Å². The molecule has 0 saturated heterocycles. The Morgan fingerprint density at radius 3 is 3.05 bits per heavy atom. The van der Waals surface area contributed by atoms with E-state index >= 15 is 0 Å². The Balaban J connectivity index is 1.90. The molecule has 3 N–H and O–H groups in total. The van der Waals surface area contributed by atoms with Gasteiger partial charge in [0.1, 0.15) is 11.9 Å². The lowest BCUT2D eigenvalue weighted by Gasteiger charge is -2.18. The van der Waals surface area contributed by atoms with Crippen LogP contribution in [0.2, 0.25) is 0 Å². The zero-order valence-electron chi connectivity index (χ0n) is 11.1. The van der Waals surface area contributed by atoms with Crippen LogP contribution in [0.3, 0.4) is 0 Å². The second kappa shape index (κ2) is 6.43. The van der Waals surface area contributed by atoms with Gasteiger partial charge in [-0.2, -0.15) is 0 Å². The van der Waals surface area contributed by atoms with Crippen LogP contribution in [-0.2, 0) is 4.74 Å². The second-order valence-electron chi connectivity index (χ2n) is 4.73. The third kappa shape index (κ3) is 3.61. The van der Waals surface area contributed by atoms with Crippen LogP contribution in [0.5, 0.6) is 5.75 Å². The standard InChI is InChI=1S/C14H20N2O3/c1-18-12-6-3-5-11(8-12)16-14(17)19-13-7-2-4-10(13)9-15/h3,5-6,8,10,13H,2,4,7,9,15H2,1H3,(H,16,17). The highest BCUT2D eigenvalue weighted by atomic mass is 16.6. The van der Waals surface area contributed by atoms with Crippen molar-refractivity contribution in [3.63, 3.8) is 0 Å². The lowest BCUT2D eigenvalue weighted by atomic mass is 10.1. The largest absolute Gasteiger partial charge is 0.497 e. The molecule has 1 saturated carbocycles. The van der Waals surface area contributed by atoms with E-state index in [0.717, 1.165) is 19.3 Å². The van der Waals surface area contributed by atoms with Gasteiger partial charge in [-0.15, -0.1) is 0 Å². The number of rotatable bonds is 4. The van der Waals surface area contributed by atoms with Crippen LogP contribution in [0.4, 0.5) is 10.5 Å². The zero-order chi connectivity index (χ0) is 13.7. The van der Waals surface area contributed by atoms with Gasteiger partial charge >= 0.3 is 6.09 Å². The average Bonchev–Trinajstić information content (AvgIpc) is 2.86. The first-order chi connectivity index (χ1) is 9.22. The van der Waals surface area contributed by atoms with E-state index in [1.54, 1.807) is 19.2 Å². The molecular weight excluding hydrogens is 244 g/mol. The summed E-state index contributed by atoms with van der Waals surface area (Å²) in [6.07, 6.45) is 2.51. The Hall–Kier alpha value is -1.75. The van der Waals surface area contributed by atoms with Gasteiger partial charge in [-0.3, -0.25) is 5.32 Å². The van der Waals surface area contributed by atoms with E-state index in [4.69, 9.17) is 15.2 Å². The number of hydrogen-bond acceptors (Lipinski definition) is 4. The van der Waals surface area contributed by atoms with Gasteiger partial charge in [0.05, 0.1) is 7.11 Å². The van der Waals surface area contributed by atoms with Crippen LogP contribution in [0.15, 0.2) is 24.3 Å². The van der Waals surface area contributed by atoms with Gasteiger partial charge in [-0.05, 0) is 37.9 Å². The quantitative estimate of drug-likeness (QED) is 0.875. The first-order valence-electron chi connectivity index (χ1n) is 6.54. The smallest absolute Gasteiger partial charge is 0.411 e. The van der Waals surface area contributed by atoms with Crippen molar-refractivity contribution in [1.82, 2.24) is 0 Å². The van der Waals surface area contributed by atoms with Crippen LogP contribution >= 0.6 is 0 Å². The van der Waals surface area contributed by atoms with Crippen LogP contribution in [-0.4, -0.2) is 25.9 Å². The topological polar surface area (TPSA) is 73.6 Å². The molecule has 0 bridgehead atoms. The molecule has 1 amide bonds. The first-order valence-corrected chi connectivity index (χ1v) is 6.54. The Labute approximate surface area is 113 Å². The molecule has 1 aliphatic carbocycles. The number of methoxy groups -OCH3 is 1. The van der Waals surface area contributed by atoms with Crippen molar-refractivity contribution in [2.45, 2.75) is 25.4 Å². The summed E-state index contributed by atoms with van der Waals surface area (Å²) in [5.74, 6) is 0.981. The molecule has 1 aliphatic rings. The average molecular weight is 264 g/mol. The summed E-state index contributed by atoms with van der Waals surface area (Å²) in [6, 6.07) is 7.17. The summed E-state index contributed by atoms with van der Waals surface area (Å²) in [7, 11) is 1.59. The maximum absolute atomic E-state index is 11.8. The van der Waals surface area contributed by atoms with E-state index < -0.39 is 6.09 Å². The number of carbonyl (C=O) groups excluding carboxylic acids is 1. The highest BCUT2D eigenvalue weighted by Crippen LogP contribution is 2.27. The molecule has 0 heterocycles. The Kier molecular flexibility index (Phi) is 4.63. The Morgan fingerprint density at radius 2 is 2.32 bits per heavy atom. The second-order valence-corrected chi connectivity index (χ2v) is 4.73. The molecule has 5 nitrogen and oxygen atoms in total. The number of benzene rings is 1. The molecule has 104 valence electrons. The molecule has 0 aromatic heterocycles. The van der Waals surface area contributed by atoms with Crippen molar-refractivity contribution in [3.05, 3.63) is 24.3 Å². The number of amides is 1. The lowest BCUT2D eigenvalue weighted by Crippen LogP contribution is -2.29. The van der Waals surface area contributed by atoms with Crippen LogP contribution in [0.25, 0.3) is 0 Å². The first kappa shape index (κ1) is 13.7. The summed E-state index contributed by atoms with van der Waals surface area (Å²) >= 11 is 0. The third-order valence-corrected chi connectivity index (χ3v) is 3.47. The van der Waals surface area contributed by atoms with Crippen LogP contribution < -0.4 is 15.8 Å². The molecule has 19 heavy (non-hydrogen) atoms. The molecular formula is C14H20N2O3. The van der Waals surface area contributed by atoms with Gasteiger partial charge < -0.3 is 15.2 Å². The fourth-order valence-electron chi connectivity index (χ4n) is 2.41. The van der Waals surface area contributed by atoms with Crippen molar-refractivity contribution in [3.8, 4) is 5.75 Å². The molecule has 5 heteroatoms. The van der Waals surface area contributed by atoms with Crippen molar-refractivity contribution in [2.24, 2.45) is 11.7 Å². The minimum Gasteiger partial charge on any atom is -0.497 e. The Bertz CT molecular complexity index is 436. The van der Waals surface area contributed by atoms with Gasteiger partial charge in [0.2, 0.25) is 0 Å². The number of ether oxygens (including phenoxy) is 2. The number of anilines is 1. The monoisotopic (exact) mass is 264 g/mol. The van der Waals surface area contributed by atoms with Crippen molar-refractivity contribution < 1.29 is 14.3 Å². The van der Waals surface area contributed by atoms with Gasteiger partial charge in [-0.25, -0.2) is 4.79 Å². The van der Waals surface area contributed by atoms with E-state index in [-0.39, 0.29) is 12.0 Å². The van der Waals surface area contributed by atoms with Gasteiger partial charge in [0, 0.05) is 17.7 Å². The van der Waals surface area contributed by atoms with Gasteiger partial charge in [0.25, 0.3) is 0 Å². The van der Waals surface area contributed by atoms with E-state index in [9.17, 15) is 4.79 Å². The molecule has 2 rings (SSSR count). The van der Waals surface area contributed by atoms with Crippen molar-refractivity contribution in [1.29, 1.82) is 0 Å². The maximum atomic E-state index is 11.8. The molecule has 1 fully saturated rings. The maximum Gasteiger partial charge on any atom is 0.411 e. The lowest BCUT2D eigenvalue weighted by molar-refractivity contribution is 0.0893. The molecule has 2 atom stereocenters. The molecule has 1 aromatic carbocycles. The minimum absolute atomic E-state index is 0.0596. The summed E-state index contributed by atoms with van der Waals surface area (Å²) in [6.45, 7) is 0.567. The highest BCUT2D eigenvalue weighted by Gasteiger charge is 2.29. The number of nitrogens with two attached hydrogens (primary N) is 1. The molecule has 0 spiro atoms. The summed E-state index contributed by atoms with van der Waals surface area (Å²) in [5.41, 5.74) is 6.32. The SMILES string of the molecule is COc1cccc(NC(=O)OC2CCCC2CN)c1. The summed E-state index contributed by atoms with van der Waals surface area (Å²) in [5, 5.41) is 2.71. The minimum atomic E-state index is -0.432. The van der Waals surface area contributed by atoms with E-state index in [2.05, 4.69) is 5.32 Å². The van der Waals surface area contributed by atoms with E-state index in [1.165, 1.54) is 0 Å². The normalized spacial score (nSPS) is 22.0. The van der Waals surface area contributed by atoms with E-state index in [0.29, 0.717) is 18.0 Å². The molecule has 1 aromatic rings. The highest BCUT2D eigenvalue weighted by molar-refractivity contribution is 5.85. The van der Waals surface area contributed by atoms with Crippen molar-refractivity contribution >= 4 is 11.8 Å². The number of hydrogen-bond donors (Lipinski definition) is 2. The van der Waals surface area contributed by atoms with E-state index in [1.807, 2.05) is 12.1 Å². The Morgan fingerprint density at radius 1 is 1.47 bits per heavy atom. The molecule has 2 unspecified atom stereocenters. The van der Waals surface area contributed by atoms with Gasteiger partial charge in [-0.1, -0.05) is 6.07 Å². The fraction of sp³-hybridized carbons (Fsp3) is 0.500. The molecule has 0 radical (unpaired) electrons. The fourth-order valence-corrected chi connectivity index (χ4v) is 2.41. The third-order valence-electron chi connectivity index (χ3n) is 3.47. The number of carbonyl (C=O) groups is 1. The number of nitrogens with one attached hydrogen (secondary N) is 1. The van der Waals surface area contributed by atoms with Crippen molar-refractivity contribution in [2.75, 3.05) is 19.0 Å². The summed E-state index contributed by atoms with van der Waals surface area (Å²) in [4.78, 5) is 11.8. The molecule has 0 aliphatic heterocycles. The zero-order valence-corrected chi connectivity index (χ0v) is 11.1.